The third-order valence-electron chi connectivity index (χ3n) is 4.19. The van der Waals surface area contributed by atoms with Gasteiger partial charge in [0.1, 0.15) is 0 Å². The summed E-state index contributed by atoms with van der Waals surface area (Å²) in [6.07, 6.45) is 5.56. The van der Waals surface area contributed by atoms with Crippen molar-refractivity contribution in [1.82, 2.24) is 14.9 Å². The lowest BCUT2D eigenvalue weighted by atomic mass is 9.84. The molecule has 0 aliphatic rings. The Morgan fingerprint density at radius 1 is 1.00 bits per heavy atom. The first-order valence-electron chi connectivity index (χ1n) is 7.99. The van der Waals surface area contributed by atoms with Crippen molar-refractivity contribution in [1.29, 1.82) is 0 Å². The number of imidazole rings is 1. The molecule has 0 amide bonds. The van der Waals surface area contributed by atoms with Crippen molar-refractivity contribution in [3.05, 3.63) is 84.4 Å². The Hall–Kier alpha value is -2.39. The molecule has 0 saturated carbocycles. The second-order valence-corrected chi connectivity index (χ2v) is 6.49. The van der Waals surface area contributed by atoms with Crippen LogP contribution in [-0.4, -0.2) is 16.1 Å². The highest BCUT2D eigenvalue weighted by atomic mass is 15.0. The van der Waals surface area contributed by atoms with Crippen molar-refractivity contribution in [2.45, 2.75) is 25.8 Å². The van der Waals surface area contributed by atoms with Gasteiger partial charge in [-0.05, 0) is 23.3 Å². The van der Waals surface area contributed by atoms with Crippen molar-refractivity contribution < 1.29 is 0 Å². The van der Waals surface area contributed by atoms with Gasteiger partial charge < -0.3 is 9.88 Å². The summed E-state index contributed by atoms with van der Waals surface area (Å²) in [6, 6.07) is 19.2. The highest BCUT2D eigenvalue weighted by Gasteiger charge is 2.19. The summed E-state index contributed by atoms with van der Waals surface area (Å²) < 4.78 is 2.01. The molecule has 0 saturated heterocycles. The molecule has 23 heavy (non-hydrogen) atoms. The Bertz CT molecular complexity index is 713. The van der Waals surface area contributed by atoms with Crippen molar-refractivity contribution in [2.75, 3.05) is 6.54 Å². The third-order valence-corrected chi connectivity index (χ3v) is 4.19. The van der Waals surface area contributed by atoms with Crippen LogP contribution < -0.4 is 5.32 Å². The molecule has 0 aliphatic carbocycles. The standard InChI is InChI=1S/C20H23N3/c1-20(2,18-6-4-3-5-7-18)15-22-14-17-8-10-19(11-9-17)23-13-12-21-16-23/h3-13,16,22H,14-15H2,1-2H3. The van der Waals surface area contributed by atoms with E-state index in [1.165, 1.54) is 11.1 Å². The molecule has 2 aromatic carbocycles. The van der Waals surface area contributed by atoms with E-state index in [1.54, 1.807) is 6.20 Å². The van der Waals surface area contributed by atoms with Crippen LogP contribution in [0, 0.1) is 0 Å². The number of hydrogen-bond donors (Lipinski definition) is 1. The normalized spacial score (nSPS) is 11.6. The molecular formula is C20H23N3. The molecule has 0 bridgehead atoms. The maximum atomic E-state index is 4.08. The van der Waals surface area contributed by atoms with E-state index >= 15 is 0 Å². The average Bonchev–Trinajstić information content (AvgIpc) is 3.11. The van der Waals surface area contributed by atoms with E-state index in [1.807, 2.05) is 17.1 Å². The fraction of sp³-hybridized carbons (Fsp3) is 0.250. The van der Waals surface area contributed by atoms with E-state index in [0.29, 0.717) is 0 Å². The highest BCUT2D eigenvalue weighted by Crippen LogP contribution is 2.21. The van der Waals surface area contributed by atoms with Gasteiger partial charge in [-0.15, -0.1) is 0 Å². The lowest BCUT2D eigenvalue weighted by Crippen LogP contribution is -2.32. The number of rotatable bonds is 6. The molecule has 0 spiro atoms. The number of aromatic nitrogens is 2. The van der Waals surface area contributed by atoms with E-state index in [0.717, 1.165) is 18.8 Å². The summed E-state index contributed by atoms with van der Waals surface area (Å²) in [6.45, 7) is 6.37. The van der Waals surface area contributed by atoms with Gasteiger partial charge in [0.2, 0.25) is 0 Å². The Morgan fingerprint density at radius 2 is 1.74 bits per heavy atom. The summed E-state index contributed by atoms with van der Waals surface area (Å²) in [5, 5.41) is 3.58. The topological polar surface area (TPSA) is 29.9 Å². The molecule has 3 aromatic rings. The molecule has 0 unspecified atom stereocenters. The monoisotopic (exact) mass is 305 g/mol. The van der Waals surface area contributed by atoms with E-state index in [2.05, 4.69) is 78.7 Å². The molecule has 0 aliphatic heterocycles. The summed E-state index contributed by atoms with van der Waals surface area (Å²) >= 11 is 0. The largest absolute Gasteiger partial charge is 0.312 e. The van der Waals surface area contributed by atoms with Gasteiger partial charge in [-0.25, -0.2) is 4.98 Å². The van der Waals surface area contributed by atoms with Crippen molar-refractivity contribution >= 4 is 0 Å². The Balaban J connectivity index is 1.56. The molecule has 3 nitrogen and oxygen atoms in total. The van der Waals surface area contributed by atoms with Crippen LogP contribution in [0.1, 0.15) is 25.0 Å². The van der Waals surface area contributed by atoms with Gasteiger partial charge in [-0.3, -0.25) is 0 Å². The van der Waals surface area contributed by atoms with Crippen LogP contribution >= 0.6 is 0 Å². The Morgan fingerprint density at radius 3 is 2.39 bits per heavy atom. The van der Waals surface area contributed by atoms with Crippen LogP contribution in [0.25, 0.3) is 5.69 Å². The van der Waals surface area contributed by atoms with E-state index < -0.39 is 0 Å². The van der Waals surface area contributed by atoms with Gasteiger partial charge in [0, 0.05) is 36.6 Å². The number of benzene rings is 2. The highest BCUT2D eigenvalue weighted by molar-refractivity contribution is 5.34. The molecule has 3 rings (SSSR count). The summed E-state index contributed by atoms with van der Waals surface area (Å²) in [7, 11) is 0. The van der Waals surface area contributed by atoms with Crippen LogP contribution in [0.3, 0.4) is 0 Å². The fourth-order valence-electron chi connectivity index (χ4n) is 2.71. The smallest absolute Gasteiger partial charge is 0.0991 e. The van der Waals surface area contributed by atoms with Crippen LogP contribution in [0.15, 0.2) is 73.3 Å². The van der Waals surface area contributed by atoms with Crippen LogP contribution in [0.2, 0.25) is 0 Å². The minimum Gasteiger partial charge on any atom is -0.312 e. The average molecular weight is 305 g/mol. The third kappa shape index (κ3) is 3.88. The van der Waals surface area contributed by atoms with Crippen LogP contribution in [0.5, 0.6) is 0 Å². The molecular weight excluding hydrogens is 282 g/mol. The van der Waals surface area contributed by atoms with Gasteiger partial charge >= 0.3 is 0 Å². The van der Waals surface area contributed by atoms with Crippen LogP contribution in [0.4, 0.5) is 0 Å². The van der Waals surface area contributed by atoms with Gasteiger partial charge in [0.25, 0.3) is 0 Å². The maximum Gasteiger partial charge on any atom is 0.0991 e. The van der Waals surface area contributed by atoms with Gasteiger partial charge in [0.15, 0.2) is 0 Å². The Labute approximate surface area is 138 Å². The molecule has 3 heteroatoms. The van der Waals surface area contributed by atoms with Crippen molar-refractivity contribution in [3.8, 4) is 5.69 Å². The SMILES string of the molecule is CC(C)(CNCc1ccc(-n2ccnc2)cc1)c1ccccc1. The van der Waals surface area contributed by atoms with Crippen molar-refractivity contribution in [3.63, 3.8) is 0 Å². The summed E-state index contributed by atoms with van der Waals surface area (Å²) in [5.41, 5.74) is 3.91. The second kappa shape index (κ2) is 6.80. The van der Waals surface area contributed by atoms with Crippen LogP contribution in [-0.2, 0) is 12.0 Å². The molecule has 1 N–H and O–H groups in total. The number of nitrogens with one attached hydrogen (secondary N) is 1. The predicted molar refractivity (Wildman–Crippen MR) is 94.7 cm³/mol. The molecule has 0 radical (unpaired) electrons. The number of nitrogens with zero attached hydrogens (tertiary/aromatic N) is 2. The minimum absolute atomic E-state index is 0.123. The zero-order valence-electron chi connectivity index (χ0n) is 13.7. The zero-order valence-corrected chi connectivity index (χ0v) is 13.7. The zero-order chi connectivity index (χ0) is 16.1. The maximum absolute atomic E-state index is 4.08. The van der Waals surface area contributed by atoms with Crippen molar-refractivity contribution in [2.24, 2.45) is 0 Å². The molecule has 1 heterocycles. The van der Waals surface area contributed by atoms with Gasteiger partial charge in [-0.1, -0.05) is 56.3 Å². The Kier molecular flexibility index (Phi) is 4.58. The van der Waals surface area contributed by atoms with E-state index in [-0.39, 0.29) is 5.41 Å². The van der Waals surface area contributed by atoms with Gasteiger partial charge in [-0.2, -0.15) is 0 Å². The van der Waals surface area contributed by atoms with E-state index in [4.69, 9.17) is 0 Å². The summed E-state index contributed by atoms with van der Waals surface area (Å²) in [5.74, 6) is 0. The van der Waals surface area contributed by atoms with Gasteiger partial charge in [0.05, 0.1) is 6.33 Å². The molecule has 0 atom stereocenters. The fourth-order valence-corrected chi connectivity index (χ4v) is 2.71. The predicted octanol–water partition coefficient (Wildman–Crippen LogP) is 3.94. The molecule has 1 aromatic heterocycles. The first-order valence-corrected chi connectivity index (χ1v) is 7.99. The molecule has 0 fully saturated rings. The quantitative estimate of drug-likeness (QED) is 0.747. The minimum atomic E-state index is 0.123. The lowest BCUT2D eigenvalue weighted by molar-refractivity contribution is 0.469. The number of hydrogen-bond acceptors (Lipinski definition) is 2. The summed E-state index contributed by atoms with van der Waals surface area (Å²) in [4.78, 5) is 4.08. The lowest BCUT2D eigenvalue weighted by Gasteiger charge is -2.25. The first-order chi connectivity index (χ1) is 11.1. The molecule has 118 valence electrons. The second-order valence-electron chi connectivity index (χ2n) is 6.49. The first kappa shape index (κ1) is 15.5. The van der Waals surface area contributed by atoms with E-state index in [9.17, 15) is 0 Å².